The average molecular weight is 425 g/mol. The van der Waals surface area contributed by atoms with Crippen LogP contribution in [0.5, 0.6) is 0 Å². The van der Waals surface area contributed by atoms with Crippen LogP contribution in [-0.4, -0.2) is 19.2 Å². The smallest absolute Gasteiger partial charge is 0.273 e. The zero-order valence-electron chi connectivity index (χ0n) is 16.0. The van der Waals surface area contributed by atoms with E-state index in [-0.39, 0.29) is 17.0 Å². The van der Waals surface area contributed by atoms with Crippen LogP contribution in [0.4, 0.5) is 17.1 Å². The van der Waals surface area contributed by atoms with Crippen LogP contribution in [0.1, 0.15) is 11.1 Å². The van der Waals surface area contributed by atoms with Crippen LogP contribution < -0.4 is 10.0 Å². The van der Waals surface area contributed by atoms with Crippen molar-refractivity contribution in [2.24, 2.45) is 0 Å². The Labute approximate surface area is 173 Å². The normalized spacial score (nSPS) is 11.0. The van der Waals surface area contributed by atoms with Crippen molar-refractivity contribution >= 4 is 33.0 Å². The SMILES string of the molecule is Cc1cccc(NS(=O)(=O)c2ccc(NC(=O)Cc3ccccc3[N+](=O)[O-])cc2)c1. The highest BCUT2D eigenvalue weighted by Gasteiger charge is 2.17. The Balaban J connectivity index is 1.68. The van der Waals surface area contributed by atoms with E-state index in [1.54, 1.807) is 24.3 Å². The average Bonchev–Trinajstić information content (AvgIpc) is 2.68. The molecule has 30 heavy (non-hydrogen) atoms. The summed E-state index contributed by atoms with van der Waals surface area (Å²) in [6, 6.07) is 18.7. The van der Waals surface area contributed by atoms with E-state index in [0.717, 1.165) is 5.56 Å². The van der Waals surface area contributed by atoms with Crippen LogP contribution in [0.2, 0.25) is 0 Å². The van der Waals surface area contributed by atoms with Crippen LogP contribution in [-0.2, 0) is 21.2 Å². The van der Waals surface area contributed by atoms with Gasteiger partial charge in [-0.2, -0.15) is 0 Å². The molecule has 0 saturated carbocycles. The van der Waals surface area contributed by atoms with Crippen molar-refractivity contribution in [3.8, 4) is 0 Å². The highest BCUT2D eigenvalue weighted by Crippen LogP contribution is 2.21. The van der Waals surface area contributed by atoms with Gasteiger partial charge in [0.1, 0.15) is 0 Å². The molecule has 3 aromatic rings. The number of rotatable bonds is 7. The molecular weight excluding hydrogens is 406 g/mol. The van der Waals surface area contributed by atoms with E-state index in [4.69, 9.17) is 0 Å². The van der Waals surface area contributed by atoms with Crippen LogP contribution >= 0.6 is 0 Å². The summed E-state index contributed by atoms with van der Waals surface area (Å²) in [7, 11) is -3.78. The molecule has 0 heterocycles. The second-order valence-electron chi connectivity index (χ2n) is 6.61. The molecule has 9 heteroatoms. The monoisotopic (exact) mass is 425 g/mol. The van der Waals surface area contributed by atoms with Gasteiger partial charge in [-0.3, -0.25) is 19.6 Å². The molecule has 0 unspecified atom stereocenters. The van der Waals surface area contributed by atoms with Gasteiger partial charge in [-0.15, -0.1) is 0 Å². The molecule has 8 nitrogen and oxygen atoms in total. The summed E-state index contributed by atoms with van der Waals surface area (Å²) in [5, 5.41) is 13.7. The number of nitro groups is 1. The molecule has 0 aromatic heterocycles. The van der Waals surface area contributed by atoms with Crippen LogP contribution in [0, 0.1) is 17.0 Å². The van der Waals surface area contributed by atoms with E-state index in [1.165, 1.54) is 42.5 Å². The molecule has 0 fully saturated rings. The van der Waals surface area contributed by atoms with Crippen LogP contribution in [0.15, 0.2) is 77.7 Å². The lowest BCUT2D eigenvalue weighted by Crippen LogP contribution is -2.16. The first-order valence-corrected chi connectivity index (χ1v) is 10.4. The second kappa shape index (κ2) is 8.75. The third-order valence-corrected chi connectivity index (χ3v) is 5.66. The number of sulfonamides is 1. The lowest BCUT2D eigenvalue weighted by Gasteiger charge is -2.10. The summed E-state index contributed by atoms with van der Waals surface area (Å²) in [4.78, 5) is 22.8. The topological polar surface area (TPSA) is 118 Å². The van der Waals surface area contributed by atoms with Gasteiger partial charge < -0.3 is 5.32 Å². The third kappa shape index (κ3) is 5.21. The molecule has 2 N–H and O–H groups in total. The maximum absolute atomic E-state index is 12.5. The first-order chi connectivity index (χ1) is 14.2. The number of aryl methyl sites for hydroxylation is 1. The Kier molecular flexibility index (Phi) is 6.12. The Hall–Kier alpha value is -3.72. The number of anilines is 2. The minimum absolute atomic E-state index is 0.0423. The van der Waals surface area contributed by atoms with E-state index in [2.05, 4.69) is 10.0 Å². The summed E-state index contributed by atoms with van der Waals surface area (Å²) >= 11 is 0. The predicted octanol–water partition coefficient (Wildman–Crippen LogP) is 3.89. The van der Waals surface area contributed by atoms with Gasteiger partial charge in [0.2, 0.25) is 5.91 Å². The molecule has 0 aliphatic heterocycles. The molecule has 3 rings (SSSR count). The molecule has 0 radical (unpaired) electrons. The van der Waals surface area contributed by atoms with Gasteiger partial charge >= 0.3 is 0 Å². The van der Waals surface area contributed by atoms with Crippen LogP contribution in [0.25, 0.3) is 0 Å². The number of para-hydroxylation sites is 1. The highest BCUT2D eigenvalue weighted by atomic mass is 32.2. The largest absolute Gasteiger partial charge is 0.326 e. The molecule has 0 spiro atoms. The predicted molar refractivity (Wildman–Crippen MR) is 114 cm³/mol. The molecule has 0 aliphatic rings. The summed E-state index contributed by atoms with van der Waals surface area (Å²) in [6.07, 6.45) is -0.174. The van der Waals surface area contributed by atoms with Gasteiger partial charge in [0.05, 0.1) is 16.2 Å². The van der Waals surface area contributed by atoms with E-state index in [9.17, 15) is 23.3 Å². The first kappa shape index (κ1) is 21.0. The number of nitrogens with one attached hydrogen (secondary N) is 2. The third-order valence-electron chi connectivity index (χ3n) is 4.26. The van der Waals surface area contributed by atoms with Crippen molar-refractivity contribution in [2.75, 3.05) is 10.0 Å². The van der Waals surface area contributed by atoms with Gasteiger partial charge in [0, 0.05) is 23.0 Å². The summed E-state index contributed by atoms with van der Waals surface area (Å²) in [5.74, 6) is -0.446. The Morgan fingerprint density at radius 3 is 2.33 bits per heavy atom. The van der Waals surface area contributed by atoms with E-state index in [0.29, 0.717) is 16.9 Å². The Morgan fingerprint density at radius 1 is 0.967 bits per heavy atom. The van der Waals surface area contributed by atoms with Gasteiger partial charge in [0.25, 0.3) is 15.7 Å². The fourth-order valence-corrected chi connectivity index (χ4v) is 3.91. The van der Waals surface area contributed by atoms with E-state index in [1.807, 2.05) is 13.0 Å². The number of amides is 1. The van der Waals surface area contributed by atoms with Gasteiger partial charge in [-0.1, -0.05) is 30.3 Å². The number of benzene rings is 3. The molecule has 1 amide bonds. The lowest BCUT2D eigenvalue weighted by molar-refractivity contribution is -0.385. The van der Waals surface area contributed by atoms with Crippen molar-refractivity contribution in [1.82, 2.24) is 0 Å². The Morgan fingerprint density at radius 2 is 1.67 bits per heavy atom. The number of hydrogen-bond acceptors (Lipinski definition) is 5. The fourth-order valence-electron chi connectivity index (χ4n) is 2.86. The molecular formula is C21H19N3O5S. The van der Waals surface area contributed by atoms with Crippen molar-refractivity contribution in [1.29, 1.82) is 0 Å². The standard InChI is InChI=1S/C21H19N3O5S/c1-15-5-4-7-18(13-15)23-30(28,29)19-11-9-17(10-12-19)22-21(25)14-16-6-2-3-8-20(16)24(26)27/h2-13,23H,14H2,1H3,(H,22,25). The highest BCUT2D eigenvalue weighted by molar-refractivity contribution is 7.92. The number of nitro benzene ring substituents is 1. The van der Waals surface area contributed by atoms with Crippen molar-refractivity contribution in [3.63, 3.8) is 0 Å². The minimum Gasteiger partial charge on any atom is -0.326 e. The molecule has 0 saturated heterocycles. The molecule has 0 aliphatic carbocycles. The summed E-state index contributed by atoms with van der Waals surface area (Å²) in [5.41, 5.74) is 1.93. The minimum atomic E-state index is -3.78. The molecule has 0 bridgehead atoms. The fraction of sp³-hybridized carbons (Fsp3) is 0.0952. The molecule has 154 valence electrons. The number of carbonyl (C=O) groups is 1. The maximum atomic E-state index is 12.5. The molecule has 3 aromatic carbocycles. The van der Waals surface area contributed by atoms with Crippen LogP contribution in [0.3, 0.4) is 0 Å². The van der Waals surface area contributed by atoms with Crippen molar-refractivity contribution in [3.05, 3.63) is 94.0 Å². The number of carbonyl (C=O) groups excluding carboxylic acids is 1. The Bertz CT molecular complexity index is 1190. The van der Waals surface area contributed by atoms with Gasteiger partial charge in [0.15, 0.2) is 0 Å². The van der Waals surface area contributed by atoms with Crippen molar-refractivity contribution < 1.29 is 18.1 Å². The van der Waals surface area contributed by atoms with E-state index >= 15 is 0 Å². The zero-order chi connectivity index (χ0) is 21.7. The molecule has 0 atom stereocenters. The summed E-state index contributed by atoms with van der Waals surface area (Å²) in [6.45, 7) is 1.86. The first-order valence-electron chi connectivity index (χ1n) is 8.96. The second-order valence-corrected chi connectivity index (χ2v) is 8.29. The quantitative estimate of drug-likeness (QED) is 0.440. The number of nitrogens with zero attached hydrogens (tertiary/aromatic N) is 1. The summed E-state index contributed by atoms with van der Waals surface area (Å²) < 4.78 is 27.6. The van der Waals surface area contributed by atoms with E-state index < -0.39 is 20.9 Å². The zero-order valence-corrected chi connectivity index (χ0v) is 16.8. The number of hydrogen-bond donors (Lipinski definition) is 2. The lowest BCUT2D eigenvalue weighted by atomic mass is 10.1. The van der Waals surface area contributed by atoms with Gasteiger partial charge in [-0.25, -0.2) is 8.42 Å². The maximum Gasteiger partial charge on any atom is 0.273 e. The van der Waals surface area contributed by atoms with Gasteiger partial charge in [-0.05, 0) is 48.9 Å². The van der Waals surface area contributed by atoms with Crippen molar-refractivity contribution in [2.45, 2.75) is 18.2 Å².